The van der Waals surface area contributed by atoms with Crippen LogP contribution >= 0.6 is 11.3 Å². The van der Waals surface area contributed by atoms with Crippen LogP contribution in [-0.4, -0.2) is 27.5 Å². The molecule has 0 amide bonds. The summed E-state index contributed by atoms with van der Waals surface area (Å²) >= 11 is 1.48. The van der Waals surface area contributed by atoms with Crippen molar-refractivity contribution in [2.75, 3.05) is 7.11 Å². The molecule has 3 aromatic rings. The second-order valence-electron chi connectivity index (χ2n) is 7.43. The number of carbonyl (C=O) groups is 1. The van der Waals surface area contributed by atoms with Crippen molar-refractivity contribution < 1.29 is 22.4 Å². The van der Waals surface area contributed by atoms with Gasteiger partial charge in [0.05, 0.1) is 24.5 Å². The number of methoxy groups -OCH3 is 1. The van der Waals surface area contributed by atoms with E-state index in [9.17, 15) is 13.2 Å². The first-order chi connectivity index (χ1) is 14.7. The molecule has 0 fully saturated rings. The fraction of sp³-hybridized carbons (Fsp3) is 0.261. The lowest BCUT2D eigenvalue weighted by molar-refractivity contribution is -0.143. The van der Waals surface area contributed by atoms with Crippen molar-refractivity contribution in [3.63, 3.8) is 0 Å². The van der Waals surface area contributed by atoms with Crippen LogP contribution in [0.1, 0.15) is 31.2 Å². The van der Waals surface area contributed by atoms with E-state index < -0.39 is 22.0 Å². The molecule has 3 rings (SSSR count). The zero-order valence-corrected chi connectivity index (χ0v) is 19.5. The smallest absolute Gasteiger partial charge is 0.324 e. The number of benzene rings is 1. The first-order valence-electron chi connectivity index (χ1n) is 9.68. The van der Waals surface area contributed by atoms with E-state index in [-0.39, 0.29) is 10.8 Å². The largest absolute Gasteiger partial charge is 0.472 e. The van der Waals surface area contributed by atoms with Crippen LogP contribution in [0.2, 0.25) is 0 Å². The molecule has 2 heterocycles. The minimum atomic E-state index is -3.89. The van der Waals surface area contributed by atoms with Crippen molar-refractivity contribution >= 4 is 49.6 Å². The van der Waals surface area contributed by atoms with Crippen LogP contribution in [0.15, 0.2) is 52.7 Å². The second-order valence-corrected chi connectivity index (χ2v) is 10.4. The van der Waals surface area contributed by atoms with E-state index in [0.717, 1.165) is 31.7 Å². The first kappa shape index (κ1) is 23.0. The van der Waals surface area contributed by atoms with Crippen LogP contribution in [0.4, 0.5) is 0 Å². The Kier molecular flexibility index (Phi) is 6.83. The minimum absolute atomic E-state index is 0.103. The Hall–Kier alpha value is -2.68. The maximum absolute atomic E-state index is 12.9. The maximum Gasteiger partial charge on any atom is 0.324 e. The summed E-state index contributed by atoms with van der Waals surface area (Å²) in [6, 6.07) is 6.96. The molecular formula is C23H25NO5S2. The zero-order chi connectivity index (χ0) is 22.8. The van der Waals surface area contributed by atoms with Gasteiger partial charge in [0.25, 0.3) is 0 Å². The molecule has 2 aromatic heterocycles. The fourth-order valence-electron chi connectivity index (χ4n) is 3.17. The lowest BCUT2D eigenvalue weighted by atomic mass is 10.1. The van der Waals surface area contributed by atoms with E-state index in [2.05, 4.69) is 11.3 Å². The topological polar surface area (TPSA) is 85.6 Å². The highest BCUT2D eigenvalue weighted by Crippen LogP contribution is 2.36. The van der Waals surface area contributed by atoms with Crippen molar-refractivity contribution in [2.24, 2.45) is 5.92 Å². The molecule has 1 atom stereocenters. The van der Waals surface area contributed by atoms with Gasteiger partial charge in [-0.3, -0.25) is 4.79 Å². The third-order valence-electron chi connectivity index (χ3n) is 4.98. The van der Waals surface area contributed by atoms with Crippen LogP contribution in [0.3, 0.4) is 0 Å². The lowest BCUT2D eigenvalue weighted by Crippen LogP contribution is -2.45. The summed E-state index contributed by atoms with van der Waals surface area (Å²) in [5.74, 6) is -0.878. The number of hydrogen-bond acceptors (Lipinski definition) is 6. The van der Waals surface area contributed by atoms with E-state index in [1.165, 1.54) is 25.4 Å². The third kappa shape index (κ3) is 4.81. The van der Waals surface area contributed by atoms with Crippen molar-refractivity contribution in [2.45, 2.75) is 26.8 Å². The molecule has 6 nitrogen and oxygen atoms in total. The first-order valence-corrected chi connectivity index (χ1v) is 12.0. The Morgan fingerprint density at radius 3 is 2.58 bits per heavy atom. The summed E-state index contributed by atoms with van der Waals surface area (Å²) in [5, 5.41) is 0.992. The van der Waals surface area contributed by atoms with Crippen molar-refractivity contribution in [1.82, 2.24) is 4.72 Å². The molecule has 0 unspecified atom stereocenters. The summed E-state index contributed by atoms with van der Waals surface area (Å²) in [6.07, 6.45) is 6.63. The number of rotatable bonds is 8. The number of esters is 1. The van der Waals surface area contributed by atoms with Gasteiger partial charge in [-0.05, 0) is 42.2 Å². The van der Waals surface area contributed by atoms with Gasteiger partial charge in [-0.2, -0.15) is 4.72 Å². The Morgan fingerprint density at radius 1 is 1.26 bits per heavy atom. The normalized spacial score (nSPS) is 13.5. The Morgan fingerprint density at radius 2 is 2.00 bits per heavy atom. The fourth-order valence-corrected chi connectivity index (χ4v) is 5.65. The van der Waals surface area contributed by atoms with Crippen LogP contribution < -0.4 is 4.72 Å². The van der Waals surface area contributed by atoms with Crippen LogP contribution in [-0.2, 0) is 19.6 Å². The average molecular weight is 460 g/mol. The van der Waals surface area contributed by atoms with Gasteiger partial charge < -0.3 is 9.15 Å². The van der Waals surface area contributed by atoms with Gasteiger partial charge in [-0.15, -0.1) is 11.3 Å². The number of furan rings is 1. The molecule has 164 valence electrons. The Bertz CT molecular complexity index is 1230. The molecule has 8 heteroatoms. The second kappa shape index (κ2) is 9.21. The summed E-state index contributed by atoms with van der Waals surface area (Å²) in [4.78, 5) is 12.9. The van der Waals surface area contributed by atoms with Crippen molar-refractivity contribution in [3.8, 4) is 11.1 Å². The van der Waals surface area contributed by atoms with E-state index in [4.69, 9.17) is 9.15 Å². The average Bonchev–Trinajstić information content (AvgIpc) is 3.38. The predicted octanol–water partition coefficient (Wildman–Crippen LogP) is 5.28. The van der Waals surface area contributed by atoms with Crippen molar-refractivity contribution in [3.05, 3.63) is 58.7 Å². The highest BCUT2D eigenvalue weighted by molar-refractivity contribution is 7.93. The van der Waals surface area contributed by atoms with Crippen LogP contribution in [0.25, 0.3) is 33.4 Å². The molecule has 31 heavy (non-hydrogen) atoms. The number of carbonyl (C=O) groups excluding carboxylic acids is 1. The molecule has 0 saturated heterocycles. The molecular weight excluding hydrogens is 434 g/mol. The van der Waals surface area contributed by atoms with Gasteiger partial charge in [0, 0.05) is 20.5 Å². The number of hydrogen-bond donors (Lipinski definition) is 1. The minimum Gasteiger partial charge on any atom is -0.472 e. The standard InChI is InChI=1S/C23H25NO5S2/c1-6-18-19-8-7-16(17-9-10-29-13-17)12-21(19)30-20(18)11-15(4)31(26,27)24-22(14(2)3)23(25)28-5/h6-14,22,24H,1H2,2-5H3/b15-11+/t22-/m0/s1. The van der Waals surface area contributed by atoms with Gasteiger partial charge in [-0.25, -0.2) is 8.42 Å². The number of nitrogens with one attached hydrogen (secondary N) is 1. The SMILES string of the molecule is C=Cc1c(/C=C(\C)S(=O)(=O)N[C@H](C(=O)OC)C(C)C)sc2cc(-c3ccoc3)ccc12. The third-order valence-corrected chi connectivity index (χ3v) is 7.62. The van der Waals surface area contributed by atoms with Gasteiger partial charge in [0.2, 0.25) is 10.0 Å². The van der Waals surface area contributed by atoms with Gasteiger partial charge >= 0.3 is 5.97 Å². The summed E-state index contributed by atoms with van der Waals surface area (Å²) in [5.41, 5.74) is 2.84. The molecule has 0 radical (unpaired) electrons. The van der Waals surface area contributed by atoms with E-state index in [1.807, 2.05) is 24.3 Å². The van der Waals surface area contributed by atoms with Crippen molar-refractivity contribution in [1.29, 1.82) is 0 Å². The summed E-state index contributed by atoms with van der Waals surface area (Å²) < 4.78 is 39.1. The Balaban J connectivity index is 2.00. The molecule has 0 bridgehead atoms. The number of thiophene rings is 1. The molecule has 0 aliphatic rings. The lowest BCUT2D eigenvalue weighted by Gasteiger charge is -2.19. The summed E-state index contributed by atoms with van der Waals surface area (Å²) in [6.45, 7) is 8.91. The van der Waals surface area contributed by atoms with Crippen LogP contribution in [0.5, 0.6) is 0 Å². The van der Waals surface area contributed by atoms with E-state index in [0.29, 0.717) is 0 Å². The molecule has 1 aromatic carbocycles. The molecule has 0 saturated carbocycles. The van der Waals surface area contributed by atoms with E-state index in [1.54, 1.807) is 38.5 Å². The monoisotopic (exact) mass is 459 g/mol. The highest BCUT2D eigenvalue weighted by Gasteiger charge is 2.29. The number of fused-ring (bicyclic) bond motifs is 1. The molecule has 0 aliphatic carbocycles. The number of allylic oxidation sites excluding steroid dienone is 1. The van der Waals surface area contributed by atoms with E-state index >= 15 is 0 Å². The molecule has 0 aliphatic heterocycles. The summed E-state index contributed by atoms with van der Waals surface area (Å²) in [7, 11) is -2.66. The van der Waals surface area contributed by atoms with Gasteiger partial charge in [0.1, 0.15) is 6.04 Å². The molecule has 0 spiro atoms. The number of ether oxygens (including phenoxy) is 1. The quantitative estimate of drug-likeness (QED) is 0.463. The highest BCUT2D eigenvalue weighted by atomic mass is 32.2. The maximum atomic E-state index is 12.9. The number of sulfonamides is 1. The van der Waals surface area contributed by atoms with Gasteiger partial charge in [0.15, 0.2) is 0 Å². The van der Waals surface area contributed by atoms with Crippen LogP contribution in [0, 0.1) is 5.92 Å². The zero-order valence-electron chi connectivity index (χ0n) is 17.8. The van der Waals surface area contributed by atoms with Gasteiger partial charge in [-0.1, -0.05) is 38.6 Å². The Labute approximate surface area is 186 Å². The predicted molar refractivity (Wildman–Crippen MR) is 126 cm³/mol. The molecule has 1 N–H and O–H groups in total.